The lowest BCUT2D eigenvalue weighted by Crippen LogP contribution is -2.52. The fourth-order valence-electron chi connectivity index (χ4n) is 2.69. The first kappa shape index (κ1) is 15.8. The first-order chi connectivity index (χ1) is 9.37. The molecular formula is C14H21ClN2O2S. The third-order valence-corrected chi connectivity index (χ3v) is 6.34. The fraction of sp³-hybridized carbons (Fsp3) is 0.571. The zero-order chi connectivity index (χ0) is 14.9. The van der Waals surface area contributed by atoms with Crippen molar-refractivity contribution in [3.63, 3.8) is 0 Å². The van der Waals surface area contributed by atoms with E-state index in [0.29, 0.717) is 17.3 Å². The second-order valence-electron chi connectivity index (χ2n) is 5.40. The summed E-state index contributed by atoms with van der Waals surface area (Å²) in [4.78, 5) is 2.53. The van der Waals surface area contributed by atoms with E-state index in [-0.39, 0.29) is 6.04 Å². The maximum absolute atomic E-state index is 12.9. The van der Waals surface area contributed by atoms with Gasteiger partial charge in [-0.1, -0.05) is 12.1 Å². The summed E-state index contributed by atoms with van der Waals surface area (Å²) in [5.74, 6) is 0.327. The zero-order valence-corrected chi connectivity index (χ0v) is 13.7. The van der Waals surface area contributed by atoms with Crippen molar-refractivity contribution >= 4 is 21.6 Å². The van der Waals surface area contributed by atoms with Gasteiger partial charge in [0.2, 0.25) is 10.0 Å². The van der Waals surface area contributed by atoms with E-state index in [0.717, 1.165) is 24.2 Å². The number of halogens is 1. The smallest absolute Gasteiger partial charge is 0.243 e. The van der Waals surface area contributed by atoms with Crippen LogP contribution in [0.2, 0.25) is 0 Å². The molecule has 1 saturated heterocycles. The molecule has 1 aromatic rings. The van der Waals surface area contributed by atoms with Crippen LogP contribution in [0, 0.1) is 6.92 Å². The largest absolute Gasteiger partial charge is 0.303 e. The summed E-state index contributed by atoms with van der Waals surface area (Å²) in [5.41, 5.74) is 1.63. The van der Waals surface area contributed by atoms with E-state index in [1.54, 1.807) is 16.4 Å². The molecule has 0 saturated carbocycles. The standard InChI is InChI=1S/C14H21ClN2O2S/c1-11-10-16(3)7-8-17(11)20(18,19)14-6-4-5-13(9-15)12(14)2/h4-6,11H,7-10H2,1-3H3. The van der Waals surface area contributed by atoms with Gasteiger partial charge in [0.1, 0.15) is 0 Å². The highest BCUT2D eigenvalue weighted by atomic mass is 35.5. The molecule has 0 aromatic heterocycles. The summed E-state index contributed by atoms with van der Waals surface area (Å²) in [6.45, 7) is 5.83. The Morgan fingerprint density at radius 1 is 1.35 bits per heavy atom. The molecule has 4 nitrogen and oxygen atoms in total. The van der Waals surface area contributed by atoms with Gasteiger partial charge in [-0.05, 0) is 38.1 Å². The first-order valence-corrected chi connectivity index (χ1v) is 8.70. The maximum atomic E-state index is 12.9. The number of alkyl halides is 1. The molecule has 1 atom stereocenters. The van der Waals surface area contributed by atoms with E-state index >= 15 is 0 Å². The van der Waals surface area contributed by atoms with Crippen LogP contribution < -0.4 is 0 Å². The molecule has 0 radical (unpaired) electrons. The summed E-state index contributed by atoms with van der Waals surface area (Å²) >= 11 is 5.87. The van der Waals surface area contributed by atoms with Gasteiger partial charge < -0.3 is 4.90 Å². The predicted molar refractivity (Wildman–Crippen MR) is 81.6 cm³/mol. The quantitative estimate of drug-likeness (QED) is 0.801. The lowest BCUT2D eigenvalue weighted by molar-refractivity contribution is 0.170. The average Bonchev–Trinajstić information content (AvgIpc) is 2.38. The van der Waals surface area contributed by atoms with Crippen molar-refractivity contribution in [2.75, 3.05) is 26.7 Å². The van der Waals surface area contributed by atoms with Crippen LogP contribution >= 0.6 is 11.6 Å². The second kappa shape index (κ2) is 6.02. The Bertz CT molecular complexity index is 589. The molecule has 0 bridgehead atoms. The van der Waals surface area contributed by atoms with Gasteiger partial charge in [0, 0.05) is 31.6 Å². The van der Waals surface area contributed by atoms with E-state index in [2.05, 4.69) is 4.90 Å². The Labute approximate surface area is 126 Å². The van der Waals surface area contributed by atoms with Crippen LogP contribution in [0.15, 0.2) is 23.1 Å². The maximum Gasteiger partial charge on any atom is 0.243 e. The highest BCUT2D eigenvalue weighted by Gasteiger charge is 2.33. The molecule has 6 heteroatoms. The molecule has 1 unspecified atom stereocenters. The van der Waals surface area contributed by atoms with E-state index in [4.69, 9.17) is 11.6 Å². The number of likely N-dealkylation sites (N-methyl/N-ethyl adjacent to an activating group) is 1. The Morgan fingerprint density at radius 2 is 2.05 bits per heavy atom. The van der Waals surface area contributed by atoms with Crippen LogP contribution in [-0.2, 0) is 15.9 Å². The van der Waals surface area contributed by atoms with Crippen molar-refractivity contribution in [1.82, 2.24) is 9.21 Å². The monoisotopic (exact) mass is 316 g/mol. The van der Waals surface area contributed by atoms with Crippen molar-refractivity contribution in [2.45, 2.75) is 30.7 Å². The summed E-state index contributed by atoms with van der Waals surface area (Å²) in [6, 6.07) is 5.29. The molecule has 1 aromatic carbocycles. The van der Waals surface area contributed by atoms with Crippen molar-refractivity contribution in [2.24, 2.45) is 0 Å². The van der Waals surface area contributed by atoms with Crippen molar-refractivity contribution in [3.8, 4) is 0 Å². The molecular weight excluding hydrogens is 296 g/mol. The minimum Gasteiger partial charge on any atom is -0.303 e. The fourth-order valence-corrected chi connectivity index (χ4v) is 4.86. The van der Waals surface area contributed by atoms with Crippen LogP contribution in [0.1, 0.15) is 18.1 Å². The van der Waals surface area contributed by atoms with Gasteiger partial charge in [-0.15, -0.1) is 11.6 Å². The Kier molecular flexibility index (Phi) is 4.74. The van der Waals surface area contributed by atoms with Crippen LogP contribution in [0.5, 0.6) is 0 Å². The zero-order valence-electron chi connectivity index (χ0n) is 12.1. The highest BCUT2D eigenvalue weighted by Crippen LogP contribution is 2.26. The SMILES string of the molecule is Cc1c(CCl)cccc1S(=O)(=O)N1CCN(C)CC1C. The van der Waals surface area contributed by atoms with Crippen LogP contribution in [0.3, 0.4) is 0 Å². The normalized spacial score (nSPS) is 22.1. The predicted octanol–water partition coefficient (Wildman–Crippen LogP) is 2.06. The molecule has 112 valence electrons. The van der Waals surface area contributed by atoms with Gasteiger partial charge >= 0.3 is 0 Å². The molecule has 1 heterocycles. The Morgan fingerprint density at radius 3 is 2.65 bits per heavy atom. The molecule has 0 spiro atoms. The van der Waals surface area contributed by atoms with Gasteiger partial charge in [-0.3, -0.25) is 0 Å². The molecule has 0 amide bonds. The first-order valence-electron chi connectivity index (χ1n) is 6.72. The second-order valence-corrected chi connectivity index (χ2v) is 7.53. The lowest BCUT2D eigenvalue weighted by atomic mass is 10.1. The van der Waals surface area contributed by atoms with Gasteiger partial charge in [0.15, 0.2) is 0 Å². The number of benzene rings is 1. The molecule has 1 aliphatic rings. The number of rotatable bonds is 3. The third kappa shape index (κ3) is 2.86. The van der Waals surface area contributed by atoms with Gasteiger partial charge in [0.25, 0.3) is 0 Å². The summed E-state index contributed by atoms with van der Waals surface area (Å²) in [6.07, 6.45) is 0. The topological polar surface area (TPSA) is 40.6 Å². The third-order valence-electron chi connectivity index (χ3n) is 3.90. The Balaban J connectivity index is 2.40. The molecule has 20 heavy (non-hydrogen) atoms. The molecule has 0 N–H and O–H groups in total. The van der Waals surface area contributed by atoms with Crippen molar-refractivity contribution in [1.29, 1.82) is 0 Å². The number of piperazine rings is 1. The number of nitrogens with zero attached hydrogens (tertiary/aromatic N) is 2. The minimum atomic E-state index is -3.45. The summed E-state index contributed by atoms with van der Waals surface area (Å²) in [5, 5.41) is 0. The highest BCUT2D eigenvalue weighted by molar-refractivity contribution is 7.89. The van der Waals surface area contributed by atoms with Crippen LogP contribution in [-0.4, -0.2) is 50.3 Å². The van der Waals surface area contributed by atoms with Gasteiger partial charge in [-0.2, -0.15) is 4.31 Å². The van der Waals surface area contributed by atoms with E-state index < -0.39 is 10.0 Å². The summed E-state index contributed by atoms with van der Waals surface area (Å²) < 4.78 is 27.3. The molecule has 0 aliphatic carbocycles. The molecule has 1 fully saturated rings. The van der Waals surface area contributed by atoms with Crippen molar-refractivity contribution in [3.05, 3.63) is 29.3 Å². The lowest BCUT2D eigenvalue weighted by Gasteiger charge is -2.37. The van der Waals surface area contributed by atoms with E-state index in [1.165, 1.54) is 0 Å². The molecule has 2 rings (SSSR count). The average molecular weight is 317 g/mol. The minimum absolute atomic E-state index is 0.0159. The Hall–Kier alpha value is -0.620. The van der Waals surface area contributed by atoms with Crippen LogP contribution in [0.25, 0.3) is 0 Å². The van der Waals surface area contributed by atoms with Crippen LogP contribution in [0.4, 0.5) is 0 Å². The number of sulfonamides is 1. The van der Waals surface area contributed by atoms with Gasteiger partial charge in [0.05, 0.1) is 4.90 Å². The molecule has 1 aliphatic heterocycles. The van der Waals surface area contributed by atoms with Crippen molar-refractivity contribution < 1.29 is 8.42 Å². The number of hydrogen-bond acceptors (Lipinski definition) is 3. The van der Waals surface area contributed by atoms with E-state index in [9.17, 15) is 8.42 Å². The summed E-state index contributed by atoms with van der Waals surface area (Å²) in [7, 11) is -1.44. The van der Waals surface area contributed by atoms with E-state index in [1.807, 2.05) is 27.0 Å². The number of hydrogen-bond donors (Lipinski definition) is 0. The van der Waals surface area contributed by atoms with Gasteiger partial charge in [-0.25, -0.2) is 8.42 Å².